The van der Waals surface area contributed by atoms with Crippen molar-refractivity contribution in [1.82, 2.24) is 5.32 Å². The Morgan fingerprint density at radius 2 is 2.09 bits per heavy atom. The van der Waals surface area contributed by atoms with Gasteiger partial charge in [-0.1, -0.05) is 19.8 Å². The van der Waals surface area contributed by atoms with Crippen LogP contribution in [0.1, 0.15) is 32.6 Å². The van der Waals surface area contributed by atoms with E-state index in [4.69, 9.17) is 5.11 Å². The summed E-state index contributed by atoms with van der Waals surface area (Å²) in [5.74, 6) is 0.798. The SMILES string of the molecule is CCC(CCCCO)CNC. The molecule has 0 heterocycles. The smallest absolute Gasteiger partial charge is 0.0431 e. The molecule has 0 aromatic heterocycles. The number of nitrogens with one attached hydrogen (secondary N) is 1. The Hall–Kier alpha value is -0.0800. The number of aliphatic hydroxyl groups is 1. The molecular formula is C9H21NO. The van der Waals surface area contributed by atoms with Gasteiger partial charge in [0, 0.05) is 6.61 Å². The third-order valence-corrected chi connectivity index (χ3v) is 2.09. The van der Waals surface area contributed by atoms with Crippen LogP contribution in [0.2, 0.25) is 0 Å². The van der Waals surface area contributed by atoms with E-state index in [-0.39, 0.29) is 0 Å². The summed E-state index contributed by atoms with van der Waals surface area (Å²) in [6.45, 7) is 3.68. The highest BCUT2D eigenvalue weighted by Crippen LogP contribution is 2.10. The molecule has 0 aromatic rings. The number of rotatable bonds is 7. The van der Waals surface area contributed by atoms with E-state index >= 15 is 0 Å². The number of unbranched alkanes of at least 4 members (excludes halogenated alkanes) is 1. The summed E-state index contributed by atoms with van der Waals surface area (Å²) in [5.41, 5.74) is 0. The van der Waals surface area contributed by atoms with Gasteiger partial charge in [0.15, 0.2) is 0 Å². The lowest BCUT2D eigenvalue weighted by molar-refractivity contribution is 0.276. The van der Waals surface area contributed by atoms with Crippen molar-refractivity contribution in [3.05, 3.63) is 0 Å². The molecule has 0 aliphatic heterocycles. The van der Waals surface area contributed by atoms with Crippen molar-refractivity contribution >= 4 is 0 Å². The quantitative estimate of drug-likeness (QED) is 0.550. The van der Waals surface area contributed by atoms with Crippen LogP contribution in [0.15, 0.2) is 0 Å². The van der Waals surface area contributed by atoms with Crippen LogP contribution in [0.5, 0.6) is 0 Å². The summed E-state index contributed by atoms with van der Waals surface area (Å²) >= 11 is 0. The van der Waals surface area contributed by atoms with Crippen LogP contribution >= 0.6 is 0 Å². The molecule has 11 heavy (non-hydrogen) atoms. The summed E-state index contributed by atoms with van der Waals surface area (Å²) in [7, 11) is 1.99. The van der Waals surface area contributed by atoms with E-state index in [1.54, 1.807) is 0 Å². The van der Waals surface area contributed by atoms with E-state index in [9.17, 15) is 0 Å². The van der Waals surface area contributed by atoms with Crippen molar-refractivity contribution in [2.75, 3.05) is 20.2 Å². The first kappa shape index (κ1) is 10.9. The fraction of sp³-hybridized carbons (Fsp3) is 1.00. The molecule has 0 saturated heterocycles. The number of hydrogen-bond acceptors (Lipinski definition) is 2. The molecule has 2 heteroatoms. The Morgan fingerprint density at radius 3 is 2.55 bits per heavy atom. The Balaban J connectivity index is 3.20. The maximum absolute atomic E-state index is 8.57. The zero-order valence-electron chi connectivity index (χ0n) is 7.77. The van der Waals surface area contributed by atoms with Gasteiger partial charge >= 0.3 is 0 Å². The third kappa shape index (κ3) is 6.32. The normalized spacial score (nSPS) is 13.4. The van der Waals surface area contributed by atoms with Gasteiger partial charge in [0.1, 0.15) is 0 Å². The van der Waals surface area contributed by atoms with Crippen molar-refractivity contribution in [3.8, 4) is 0 Å². The lowest BCUT2D eigenvalue weighted by Crippen LogP contribution is -2.18. The molecule has 0 rings (SSSR count). The lowest BCUT2D eigenvalue weighted by Gasteiger charge is -2.12. The minimum Gasteiger partial charge on any atom is -0.396 e. The van der Waals surface area contributed by atoms with E-state index < -0.39 is 0 Å². The topological polar surface area (TPSA) is 32.3 Å². The molecule has 2 N–H and O–H groups in total. The molecule has 1 unspecified atom stereocenters. The molecule has 0 aromatic carbocycles. The molecule has 68 valence electrons. The van der Waals surface area contributed by atoms with Gasteiger partial charge in [0.25, 0.3) is 0 Å². The van der Waals surface area contributed by atoms with Crippen molar-refractivity contribution in [2.45, 2.75) is 32.6 Å². The van der Waals surface area contributed by atoms with Gasteiger partial charge in [-0.2, -0.15) is 0 Å². The molecule has 0 amide bonds. The molecule has 0 saturated carbocycles. The summed E-state index contributed by atoms with van der Waals surface area (Å²) in [6, 6.07) is 0. The maximum atomic E-state index is 8.57. The van der Waals surface area contributed by atoms with E-state index in [2.05, 4.69) is 12.2 Å². The van der Waals surface area contributed by atoms with Crippen molar-refractivity contribution in [1.29, 1.82) is 0 Å². The minimum atomic E-state index is 0.343. The first-order valence-corrected chi connectivity index (χ1v) is 4.60. The molecule has 0 radical (unpaired) electrons. The van der Waals surface area contributed by atoms with E-state index in [0.29, 0.717) is 6.61 Å². The second-order valence-corrected chi connectivity index (χ2v) is 3.05. The summed E-state index contributed by atoms with van der Waals surface area (Å²) in [6.07, 6.45) is 4.61. The van der Waals surface area contributed by atoms with Crippen molar-refractivity contribution < 1.29 is 5.11 Å². The van der Waals surface area contributed by atoms with Crippen LogP contribution in [0.25, 0.3) is 0 Å². The zero-order chi connectivity index (χ0) is 8.53. The molecule has 0 bridgehead atoms. The van der Waals surface area contributed by atoms with Crippen LogP contribution in [0.3, 0.4) is 0 Å². The fourth-order valence-corrected chi connectivity index (χ4v) is 1.28. The molecule has 0 aliphatic carbocycles. The van der Waals surface area contributed by atoms with Gasteiger partial charge in [-0.05, 0) is 32.4 Å². The summed E-state index contributed by atoms with van der Waals surface area (Å²) < 4.78 is 0. The molecule has 0 fully saturated rings. The van der Waals surface area contributed by atoms with Gasteiger partial charge in [0.05, 0.1) is 0 Å². The van der Waals surface area contributed by atoms with Crippen LogP contribution in [0.4, 0.5) is 0 Å². The highest BCUT2D eigenvalue weighted by atomic mass is 16.2. The predicted molar refractivity (Wildman–Crippen MR) is 48.6 cm³/mol. The fourth-order valence-electron chi connectivity index (χ4n) is 1.28. The van der Waals surface area contributed by atoms with E-state index in [0.717, 1.165) is 25.3 Å². The van der Waals surface area contributed by atoms with Crippen LogP contribution in [-0.4, -0.2) is 25.3 Å². The first-order chi connectivity index (χ1) is 5.35. The van der Waals surface area contributed by atoms with E-state index in [1.165, 1.54) is 12.8 Å². The zero-order valence-corrected chi connectivity index (χ0v) is 7.77. The summed E-state index contributed by atoms with van der Waals surface area (Å²) in [4.78, 5) is 0. The first-order valence-electron chi connectivity index (χ1n) is 4.60. The summed E-state index contributed by atoms with van der Waals surface area (Å²) in [5, 5.41) is 11.7. The number of aliphatic hydroxyl groups excluding tert-OH is 1. The van der Waals surface area contributed by atoms with Gasteiger partial charge in [-0.3, -0.25) is 0 Å². The molecule has 0 aliphatic rings. The highest BCUT2D eigenvalue weighted by molar-refractivity contribution is 4.58. The molecule has 0 spiro atoms. The van der Waals surface area contributed by atoms with Crippen LogP contribution in [-0.2, 0) is 0 Å². The predicted octanol–water partition coefficient (Wildman–Crippen LogP) is 1.39. The van der Waals surface area contributed by atoms with Gasteiger partial charge < -0.3 is 10.4 Å². The Morgan fingerprint density at radius 1 is 1.36 bits per heavy atom. The van der Waals surface area contributed by atoms with Crippen LogP contribution < -0.4 is 5.32 Å². The maximum Gasteiger partial charge on any atom is 0.0431 e. The standard InChI is InChI=1S/C9H21NO/c1-3-9(8-10-2)6-4-5-7-11/h9-11H,3-8H2,1-2H3. The highest BCUT2D eigenvalue weighted by Gasteiger charge is 2.03. The lowest BCUT2D eigenvalue weighted by atomic mass is 9.99. The monoisotopic (exact) mass is 159 g/mol. The average molecular weight is 159 g/mol. The Bertz CT molecular complexity index is 76.0. The van der Waals surface area contributed by atoms with Crippen LogP contribution in [0, 0.1) is 5.92 Å². The van der Waals surface area contributed by atoms with E-state index in [1.807, 2.05) is 7.05 Å². The van der Waals surface area contributed by atoms with Crippen molar-refractivity contribution in [2.24, 2.45) is 5.92 Å². The second-order valence-electron chi connectivity index (χ2n) is 3.05. The molecular weight excluding hydrogens is 138 g/mol. The number of hydrogen-bond donors (Lipinski definition) is 2. The minimum absolute atomic E-state index is 0.343. The Labute approximate surface area is 70.0 Å². The largest absolute Gasteiger partial charge is 0.396 e. The molecule has 2 nitrogen and oxygen atoms in total. The Kier molecular flexibility index (Phi) is 7.96. The van der Waals surface area contributed by atoms with Gasteiger partial charge in [-0.15, -0.1) is 0 Å². The van der Waals surface area contributed by atoms with Gasteiger partial charge in [-0.25, -0.2) is 0 Å². The second kappa shape index (κ2) is 8.02. The molecule has 1 atom stereocenters. The third-order valence-electron chi connectivity index (χ3n) is 2.09. The van der Waals surface area contributed by atoms with Crippen molar-refractivity contribution in [3.63, 3.8) is 0 Å². The average Bonchev–Trinajstić information content (AvgIpc) is 2.03. The van der Waals surface area contributed by atoms with Gasteiger partial charge in [0.2, 0.25) is 0 Å².